The maximum Gasteiger partial charge on any atom is 0.490 e. The summed E-state index contributed by atoms with van der Waals surface area (Å²) in [6, 6.07) is -0.247. The van der Waals surface area contributed by atoms with E-state index in [0.29, 0.717) is 0 Å². The molecule has 0 bridgehead atoms. The summed E-state index contributed by atoms with van der Waals surface area (Å²) in [6.07, 6.45) is 1.77. The minimum absolute atomic E-state index is 0.106. The first-order chi connectivity index (χ1) is 15.4. The highest BCUT2D eigenvalue weighted by molar-refractivity contribution is 6.01. The molecule has 2 atom stereocenters. The number of aliphatic carboxylic acids is 1. The van der Waals surface area contributed by atoms with E-state index in [-0.39, 0.29) is 49.6 Å². The number of hydrogen-bond acceptors (Lipinski definition) is 8. The first-order valence-corrected chi connectivity index (χ1v) is 9.88. The third-order valence-corrected chi connectivity index (χ3v) is 4.88. The van der Waals surface area contributed by atoms with E-state index >= 15 is 0 Å². The van der Waals surface area contributed by atoms with Crippen LogP contribution in [0.4, 0.5) is 19.0 Å². The number of aliphatic hydroxyl groups is 1. The smallest absolute Gasteiger partial charge is 0.475 e. The van der Waals surface area contributed by atoms with Crippen molar-refractivity contribution < 1.29 is 37.7 Å². The van der Waals surface area contributed by atoms with Crippen LogP contribution in [0.1, 0.15) is 29.6 Å². The zero-order valence-electron chi connectivity index (χ0n) is 17.9. The molecule has 1 heterocycles. The van der Waals surface area contributed by atoms with Gasteiger partial charge in [0.1, 0.15) is 11.4 Å². The van der Waals surface area contributed by atoms with E-state index in [1.54, 1.807) is 0 Å². The number of nitrogens with zero attached hydrogens (tertiary/aromatic N) is 1. The fraction of sp³-hybridized carbons (Fsp3) is 0.579. The van der Waals surface area contributed by atoms with Crippen LogP contribution < -0.4 is 22.3 Å². The third-order valence-electron chi connectivity index (χ3n) is 4.88. The van der Waals surface area contributed by atoms with Gasteiger partial charge in [-0.1, -0.05) is 12.2 Å². The maximum atomic E-state index is 12.5. The Balaban J connectivity index is 0.000000675. The van der Waals surface area contributed by atoms with Gasteiger partial charge in [0, 0.05) is 13.2 Å². The van der Waals surface area contributed by atoms with Crippen molar-refractivity contribution in [2.75, 3.05) is 32.6 Å². The first-order valence-electron chi connectivity index (χ1n) is 9.88. The number of Topliss-reactive ketones (excluding diaryl/α,β-unsaturated/α-hetero) is 1. The molecule has 2 rings (SSSR count). The van der Waals surface area contributed by atoms with Crippen LogP contribution in [-0.4, -0.2) is 70.6 Å². The number of carboxylic acid groups (broad SMARTS) is 1. The Morgan fingerprint density at radius 1 is 1.36 bits per heavy atom. The second-order valence-electron chi connectivity index (χ2n) is 7.10. The Kier molecular flexibility index (Phi) is 11.0. The molecule has 2 unspecified atom stereocenters. The number of methoxy groups -OCH3 is 1. The number of anilines is 1. The number of nitrogens with two attached hydrogens (primary N) is 1. The van der Waals surface area contributed by atoms with E-state index in [1.807, 2.05) is 0 Å². The lowest BCUT2D eigenvalue weighted by molar-refractivity contribution is -0.192. The third kappa shape index (κ3) is 8.47. The van der Waals surface area contributed by atoms with Crippen molar-refractivity contribution in [3.8, 4) is 0 Å². The normalized spacial score (nSPS) is 16.6. The zero-order chi connectivity index (χ0) is 25.2. The number of aromatic amines is 1. The largest absolute Gasteiger partial charge is 0.490 e. The minimum atomic E-state index is -5.08. The van der Waals surface area contributed by atoms with Gasteiger partial charge in [-0.05, 0) is 25.2 Å². The van der Waals surface area contributed by atoms with Crippen molar-refractivity contribution in [2.45, 2.75) is 38.0 Å². The molecule has 0 saturated carbocycles. The van der Waals surface area contributed by atoms with Gasteiger partial charge >= 0.3 is 17.8 Å². The highest BCUT2D eigenvalue weighted by Crippen LogP contribution is 2.21. The summed E-state index contributed by atoms with van der Waals surface area (Å²) in [7, 11) is 1.47. The van der Waals surface area contributed by atoms with E-state index in [9.17, 15) is 32.7 Å². The molecule has 0 amide bonds. The summed E-state index contributed by atoms with van der Waals surface area (Å²) >= 11 is 0. The quantitative estimate of drug-likeness (QED) is 0.238. The van der Waals surface area contributed by atoms with Crippen LogP contribution >= 0.6 is 0 Å². The van der Waals surface area contributed by atoms with E-state index in [1.165, 1.54) is 7.11 Å². The number of allylic oxidation sites excluding steroid dienone is 2. The number of hydrogen-bond donors (Lipinski definition) is 5. The van der Waals surface area contributed by atoms with Crippen LogP contribution in [0.25, 0.3) is 0 Å². The molecule has 14 heteroatoms. The number of carbonyl (C=O) groups excluding carboxylic acids is 1. The van der Waals surface area contributed by atoms with Crippen LogP contribution in [0.15, 0.2) is 21.7 Å². The molecule has 0 aromatic carbocycles. The second-order valence-corrected chi connectivity index (χ2v) is 7.10. The SMILES string of the molecule is COCCn1c(N)c(C(=O)CNC(CO)C2CC=CCC2)c(=O)[nH]c1=O.O=C(O)C(F)(F)F. The molecule has 0 saturated heterocycles. The van der Waals surface area contributed by atoms with Crippen LogP contribution in [0.3, 0.4) is 0 Å². The van der Waals surface area contributed by atoms with Gasteiger partial charge in [-0.25, -0.2) is 9.59 Å². The van der Waals surface area contributed by atoms with Crippen LogP contribution in [-0.2, 0) is 16.1 Å². The maximum absolute atomic E-state index is 12.5. The van der Waals surface area contributed by atoms with E-state index in [2.05, 4.69) is 22.5 Å². The topological polar surface area (TPSA) is 177 Å². The average molecular weight is 480 g/mol. The highest BCUT2D eigenvalue weighted by atomic mass is 19.4. The van der Waals surface area contributed by atoms with Crippen molar-refractivity contribution >= 4 is 17.6 Å². The van der Waals surface area contributed by atoms with Gasteiger partial charge in [0.2, 0.25) is 0 Å². The number of carbonyl (C=O) groups is 2. The number of ketones is 1. The Morgan fingerprint density at radius 3 is 2.48 bits per heavy atom. The molecule has 1 aliphatic carbocycles. The van der Waals surface area contributed by atoms with E-state index < -0.39 is 29.2 Å². The number of nitrogens with one attached hydrogen (secondary N) is 2. The van der Waals surface area contributed by atoms with Gasteiger partial charge in [0.15, 0.2) is 5.78 Å². The molecule has 33 heavy (non-hydrogen) atoms. The minimum Gasteiger partial charge on any atom is -0.475 e. The van der Waals surface area contributed by atoms with Crippen LogP contribution in [0, 0.1) is 5.92 Å². The number of aliphatic hydroxyl groups excluding tert-OH is 1. The standard InChI is InChI=1S/C17H26N4O5.C2HF3O2/c1-26-8-7-21-15(18)14(16(24)20-17(21)25)13(23)9-19-12(10-22)11-5-3-2-4-6-11;3-2(4,5)1(6)7/h2-3,11-12,19,22H,4-10,18H2,1H3,(H,20,24,25);(H,6,7). The number of carboxylic acids is 1. The van der Waals surface area contributed by atoms with Gasteiger partial charge in [-0.2, -0.15) is 13.2 Å². The lowest BCUT2D eigenvalue weighted by Gasteiger charge is -2.27. The number of H-pyrrole nitrogens is 1. The zero-order valence-corrected chi connectivity index (χ0v) is 17.9. The Bertz CT molecular complexity index is 956. The summed E-state index contributed by atoms with van der Waals surface area (Å²) in [5.74, 6) is -3.24. The van der Waals surface area contributed by atoms with Crippen molar-refractivity contribution in [1.29, 1.82) is 0 Å². The molecule has 0 spiro atoms. The molecule has 1 aliphatic rings. The predicted molar refractivity (Wildman–Crippen MR) is 111 cm³/mol. The lowest BCUT2D eigenvalue weighted by Crippen LogP contribution is -2.44. The first kappa shape index (κ1) is 28.1. The fourth-order valence-electron chi connectivity index (χ4n) is 3.14. The number of nitrogen functional groups attached to an aromatic ring is 1. The van der Waals surface area contributed by atoms with Gasteiger partial charge < -0.3 is 26.0 Å². The summed E-state index contributed by atoms with van der Waals surface area (Å²) in [5.41, 5.74) is 4.14. The van der Waals surface area contributed by atoms with Gasteiger partial charge in [-0.15, -0.1) is 0 Å². The van der Waals surface area contributed by atoms with E-state index in [4.69, 9.17) is 20.4 Å². The molecule has 0 radical (unpaired) electrons. The summed E-state index contributed by atoms with van der Waals surface area (Å²) < 4.78 is 37.8. The van der Waals surface area contributed by atoms with Crippen molar-refractivity contribution in [2.24, 2.45) is 5.92 Å². The number of halogens is 3. The summed E-state index contributed by atoms with van der Waals surface area (Å²) in [5, 5.41) is 19.7. The lowest BCUT2D eigenvalue weighted by atomic mass is 9.88. The van der Waals surface area contributed by atoms with Gasteiger partial charge in [-0.3, -0.25) is 19.1 Å². The molecular formula is C19H27F3N4O7. The molecule has 6 N–H and O–H groups in total. The number of aromatic nitrogens is 2. The predicted octanol–water partition coefficient (Wildman–Crippen LogP) is -0.112. The molecule has 0 fully saturated rings. The number of rotatable bonds is 9. The van der Waals surface area contributed by atoms with Crippen molar-refractivity contribution in [1.82, 2.24) is 14.9 Å². The molecule has 1 aromatic heterocycles. The number of ether oxygens (including phenoxy) is 1. The van der Waals surface area contributed by atoms with Crippen LogP contribution in [0.2, 0.25) is 0 Å². The molecular weight excluding hydrogens is 453 g/mol. The molecule has 0 aliphatic heterocycles. The Morgan fingerprint density at radius 2 is 2.00 bits per heavy atom. The van der Waals surface area contributed by atoms with Gasteiger partial charge in [0.25, 0.3) is 5.56 Å². The summed E-state index contributed by atoms with van der Waals surface area (Å²) in [6.45, 7) is 0.0787. The Hall–Kier alpha value is -2.97. The fourth-order valence-corrected chi connectivity index (χ4v) is 3.14. The molecule has 186 valence electrons. The average Bonchev–Trinajstić information content (AvgIpc) is 2.74. The highest BCUT2D eigenvalue weighted by Gasteiger charge is 2.38. The van der Waals surface area contributed by atoms with E-state index in [0.717, 1.165) is 23.8 Å². The van der Waals surface area contributed by atoms with Crippen LogP contribution in [0.5, 0.6) is 0 Å². The van der Waals surface area contributed by atoms with Gasteiger partial charge in [0.05, 0.1) is 26.3 Å². The molecule has 11 nitrogen and oxygen atoms in total. The Labute approximate surface area is 186 Å². The van der Waals surface area contributed by atoms with Crippen molar-refractivity contribution in [3.05, 3.63) is 38.6 Å². The summed E-state index contributed by atoms with van der Waals surface area (Å²) in [4.78, 5) is 47.5. The monoisotopic (exact) mass is 480 g/mol. The molecule has 1 aromatic rings. The van der Waals surface area contributed by atoms with Crippen molar-refractivity contribution in [3.63, 3.8) is 0 Å². The number of alkyl halides is 3. The second kappa shape index (κ2) is 12.9.